The lowest BCUT2D eigenvalue weighted by Gasteiger charge is -2.24. The molecule has 0 spiro atoms. The SMILES string of the molecule is CCC(C)(OC(=O)C1(O)CC1)C(=O)O. The van der Waals surface area contributed by atoms with Crippen molar-refractivity contribution in [2.24, 2.45) is 0 Å². The molecule has 1 rings (SSSR count). The summed E-state index contributed by atoms with van der Waals surface area (Å²) < 4.78 is 4.79. The van der Waals surface area contributed by atoms with E-state index >= 15 is 0 Å². The number of rotatable bonds is 4. The fourth-order valence-corrected chi connectivity index (χ4v) is 0.889. The maximum Gasteiger partial charge on any atom is 0.347 e. The third-order valence-electron chi connectivity index (χ3n) is 2.55. The number of carboxylic acid groups (broad SMARTS) is 1. The van der Waals surface area contributed by atoms with Gasteiger partial charge in [0.05, 0.1) is 0 Å². The summed E-state index contributed by atoms with van der Waals surface area (Å²) in [5.74, 6) is -2.03. The molecule has 80 valence electrons. The second-order valence-electron chi connectivity index (χ2n) is 3.81. The van der Waals surface area contributed by atoms with Crippen LogP contribution in [0.25, 0.3) is 0 Å². The standard InChI is InChI=1S/C9H14O5/c1-3-8(2,6(10)11)14-7(12)9(13)4-5-9/h13H,3-5H2,1-2H3,(H,10,11). The highest BCUT2D eigenvalue weighted by atomic mass is 16.6. The number of carboxylic acids is 1. The van der Waals surface area contributed by atoms with Gasteiger partial charge in [0.15, 0.2) is 5.60 Å². The molecule has 2 N–H and O–H groups in total. The van der Waals surface area contributed by atoms with Crippen LogP contribution >= 0.6 is 0 Å². The molecule has 14 heavy (non-hydrogen) atoms. The van der Waals surface area contributed by atoms with Crippen molar-refractivity contribution in [3.63, 3.8) is 0 Å². The summed E-state index contributed by atoms with van der Waals surface area (Å²) in [6.07, 6.45) is 0.876. The minimum atomic E-state index is -1.53. The molecule has 1 atom stereocenters. The molecule has 0 aliphatic heterocycles. The zero-order chi connectivity index (χ0) is 11.0. The number of hydrogen-bond acceptors (Lipinski definition) is 4. The van der Waals surface area contributed by atoms with Gasteiger partial charge in [-0.1, -0.05) is 6.92 Å². The molecule has 0 bridgehead atoms. The molecule has 5 heteroatoms. The first kappa shape index (κ1) is 11.0. The number of carbonyl (C=O) groups excluding carboxylic acids is 1. The number of aliphatic hydroxyl groups is 1. The van der Waals surface area contributed by atoms with E-state index in [1.54, 1.807) is 6.92 Å². The van der Waals surface area contributed by atoms with Gasteiger partial charge in [-0.2, -0.15) is 0 Å². The van der Waals surface area contributed by atoms with Crippen molar-refractivity contribution < 1.29 is 24.5 Å². The summed E-state index contributed by atoms with van der Waals surface area (Å²) in [4.78, 5) is 22.0. The Hall–Kier alpha value is -1.10. The van der Waals surface area contributed by atoms with Gasteiger partial charge in [-0.05, 0) is 26.2 Å². The molecule has 0 aromatic rings. The number of ether oxygens (including phenoxy) is 1. The zero-order valence-corrected chi connectivity index (χ0v) is 8.24. The van der Waals surface area contributed by atoms with E-state index in [0.717, 1.165) is 0 Å². The maximum absolute atomic E-state index is 11.3. The Morgan fingerprint density at radius 2 is 2.00 bits per heavy atom. The molecular weight excluding hydrogens is 188 g/mol. The van der Waals surface area contributed by atoms with E-state index in [4.69, 9.17) is 9.84 Å². The summed E-state index contributed by atoms with van der Waals surface area (Å²) in [5, 5.41) is 18.2. The predicted molar refractivity (Wildman–Crippen MR) is 46.6 cm³/mol. The number of esters is 1. The molecular formula is C9H14O5. The van der Waals surface area contributed by atoms with Crippen LogP contribution < -0.4 is 0 Å². The molecule has 1 saturated carbocycles. The largest absolute Gasteiger partial charge is 0.478 e. The predicted octanol–water partition coefficient (Wildman–Crippen LogP) is 0.308. The molecule has 1 unspecified atom stereocenters. The number of hydrogen-bond donors (Lipinski definition) is 2. The van der Waals surface area contributed by atoms with Crippen LogP contribution in [0.15, 0.2) is 0 Å². The minimum Gasteiger partial charge on any atom is -0.478 e. The Morgan fingerprint density at radius 1 is 1.50 bits per heavy atom. The van der Waals surface area contributed by atoms with Crippen LogP contribution in [-0.4, -0.2) is 33.4 Å². The summed E-state index contributed by atoms with van der Waals surface area (Å²) in [6, 6.07) is 0. The van der Waals surface area contributed by atoms with Crippen molar-refractivity contribution in [2.45, 2.75) is 44.3 Å². The van der Waals surface area contributed by atoms with Crippen LogP contribution in [-0.2, 0) is 14.3 Å². The first-order valence-corrected chi connectivity index (χ1v) is 4.53. The molecule has 0 aromatic carbocycles. The minimum absolute atomic E-state index is 0.171. The van der Waals surface area contributed by atoms with Gasteiger partial charge in [0.2, 0.25) is 5.60 Å². The molecule has 5 nitrogen and oxygen atoms in total. The van der Waals surface area contributed by atoms with E-state index in [1.165, 1.54) is 6.92 Å². The fourth-order valence-electron chi connectivity index (χ4n) is 0.889. The second kappa shape index (κ2) is 3.24. The maximum atomic E-state index is 11.3. The highest BCUT2D eigenvalue weighted by Crippen LogP contribution is 2.37. The average molecular weight is 202 g/mol. The summed E-state index contributed by atoms with van der Waals surface area (Å²) in [7, 11) is 0. The van der Waals surface area contributed by atoms with Crippen LogP contribution in [0.1, 0.15) is 33.1 Å². The Balaban J connectivity index is 2.65. The Labute approximate surface area is 81.7 Å². The fraction of sp³-hybridized carbons (Fsp3) is 0.778. The van der Waals surface area contributed by atoms with Crippen LogP contribution in [0, 0.1) is 0 Å². The topological polar surface area (TPSA) is 83.8 Å². The van der Waals surface area contributed by atoms with Crippen LogP contribution in [0.4, 0.5) is 0 Å². The van der Waals surface area contributed by atoms with Gasteiger partial charge in [-0.25, -0.2) is 9.59 Å². The summed E-state index contributed by atoms with van der Waals surface area (Å²) in [6.45, 7) is 2.93. The van der Waals surface area contributed by atoms with Gasteiger partial charge < -0.3 is 14.9 Å². The van der Waals surface area contributed by atoms with Crippen molar-refractivity contribution in [2.75, 3.05) is 0 Å². The van der Waals surface area contributed by atoms with Crippen molar-refractivity contribution in [3.8, 4) is 0 Å². The lowest BCUT2D eigenvalue weighted by Crippen LogP contribution is -2.43. The lowest BCUT2D eigenvalue weighted by molar-refractivity contribution is -0.184. The second-order valence-corrected chi connectivity index (χ2v) is 3.81. The first-order valence-electron chi connectivity index (χ1n) is 4.53. The van der Waals surface area contributed by atoms with Crippen LogP contribution in [0.5, 0.6) is 0 Å². The van der Waals surface area contributed by atoms with Crippen LogP contribution in [0.2, 0.25) is 0 Å². The smallest absolute Gasteiger partial charge is 0.347 e. The van der Waals surface area contributed by atoms with Gasteiger partial charge in [0.25, 0.3) is 0 Å². The lowest BCUT2D eigenvalue weighted by atomic mass is 10.0. The Morgan fingerprint density at radius 3 is 2.29 bits per heavy atom. The van der Waals surface area contributed by atoms with E-state index in [9.17, 15) is 14.7 Å². The van der Waals surface area contributed by atoms with Gasteiger partial charge in [-0.15, -0.1) is 0 Å². The third-order valence-corrected chi connectivity index (χ3v) is 2.55. The molecule has 0 heterocycles. The van der Waals surface area contributed by atoms with E-state index in [0.29, 0.717) is 12.8 Å². The quantitative estimate of drug-likeness (QED) is 0.641. The molecule has 0 amide bonds. The van der Waals surface area contributed by atoms with E-state index < -0.39 is 23.1 Å². The van der Waals surface area contributed by atoms with Gasteiger partial charge in [0, 0.05) is 0 Å². The molecule has 1 aliphatic rings. The van der Waals surface area contributed by atoms with Crippen molar-refractivity contribution in [3.05, 3.63) is 0 Å². The zero-order valence-electron chi connectivity index (χ0n) is 8.24. The highest BCUT2D eigenvalue weighted by Gasteiger charge is 2.52. The third kappa shape index (κ3) is 1.87. The molecule has 0 radical (unpaired) electrons. The van der Waals surface area contributed by atoms with E-state index in [-0.39, 0.29) is 6.42 Å². The Bertz CT molecular complexity index is 268. The van der Waals surface area contributed by atoms with E-state index in [1.807, 2.05) is 0 Å². The number of carbonyl (C=O) groups is 2. The van der Waals surface area contributed by atoms with Crippen molar-refractivity contribution in [1.29, 1.82) is 0 Å². The normalized spacial score (nSPS) is 22.2. The average Bonchev–Trinajstić information content (AvgIpc) is 2.84. The van der Waals surface area contributed by atoms with Crippen LogP contribution in [0.3, 0.4) is 0 Å². The number of aliphatic carboxylic acids is 1. The van der Waals surface area contributed by atoms with Crippen molar-refractivity contribution in [1.82, 2.24) is 0 Å². The molecule has 0 saturated heterocycles. The van der Waals surface area contributed by atoms with E-state index in [2.05, 4.69) is 0 Å². The Kier molecular flexibility index (Phi) is 2.54. The first-order chi connectivity index (χ1) is 6.34. The van der Waals surface area contributed by atoms with Gasteiger partial charge in [-0.3, -0.25) is 0 Å². The monoisotopic (exact) mass is 202 g/mol. The van der Waals surface area contributed by atoms with Gasteiger partial charge >= 0.3 is 11.9 Å². The summed E-state index contributed by atoms with van der Waals surface area (Å²) in [5.41, 5.74) is -2.96. The molecule has 1 fully saturated rings. The molecule has 1 aliphatic carbocycles. The van der Waals surface area contributed by atoms with Gasteiger partial charge in [0.1, 0.15) is 0 Å². The molecule has 0 aromatic heterocycles. The van der Waals surface area contributed by atoms with Crippen molar-refractivity contribution >= 4 is 11.9 Å². The summed E-state index contributed by atoms with van der Waals surface area (Å²) >= 11 is 0. The highest BCUT2D eigenvalue weighted by molar-refractivity contribution is 5.87.